The number of carbonyl (C=O) groups is 1. The molecule has 0 radical (unpaired) electrons. The molecule has 0 aromatic heterocycles. The number of hydrogen-bond donors (Lipinski definition) is 1. The van der Waals surface area contributed by atoms with Crippen LogP contribution in [0.3, 0.4) is 0 Å². The largest absolute Gasteiger partial charge is 0.340 e. The Bertz CT molecular complexity index is 181. The minimum Gasteiger partial charge on any atom is -0.340 e. The van der Waals surface area contributed by atoms with Gasteiger partial charge in [0.1, 0.15) is 0 Å². The van der Waals surface area contributed by atoms with Crippen LogP contribution < -0.4 is 5.32 Å². The molecule has 3 nitrogen and oxygen atoms in total. The summed E-state index contributed by atoms with van der Waals surface area (Å²) in [5, 5.41) is 3.28. The van der Waals surface area contributed by atoms with Crippen molar-refractivity contribution in [2.45, 2.75) is 31.7 Å². The standard InChI is InChI=1S/C9H16N2O/c12-9-4-6-10-5-3-8-2-1-7-11(8)9/h8,10H,1-7H2. The lowest BCUT2D eigenvalue weighted by Gasteiger charge is -2.27. The van der Waals surface area contributed by atoms with Gasteiger partial charge in [-0.15, -0.1) is 0 Å². The van der Waals surface area contributed by atoms with Crippen molar-refractivity contribution in [2.24, 2.45) is 0 Å². The van der Waals surface area contributed by atoms with Gasteiger partial charge in [-0.2, -0.15) is 0 Å². The Morgan fingerprint density at radius 3 is 3.17 bits per heavy atom. The fraction of sp³-hybridized carbons (Fsp3) is 0.889. The number of amides is 1. The predicted molar refractivity (Wildman–Crippen MR) is 46.8 cm³/mol. The molecule has 2 fully saturated rings. The average molecular weight is 168 g/mol. The highest BCUT2D eigenvalue weighted by Gasteiger charge is 2.28. The van der Waals surface area contributed by atoms with Crippen LogP contribution in [0.5, 0.6) is 0 Å². The summed E-state index contributed by atoms with van der Waals surface area (Å²) in [6.45, 7) is 2.94. The molecular weight excluding hydrogens is 152 g/mol. The zero-order chi connectivity index (χ0) is 8.39. The summed E-state index contributed by atoms with van der Waals surface area (Å²) in [5.74, 6) is 0.352. The molecule has 1 atom stereocenters. The number of nitrogens with one attached hydrogen (secondary N) is 1. The maximum absolute atomic E-state index is 11.5. The zero-order valence-electron chi connectivity index (χ0n) is 7.38. The molecule has 68 valence electrons. The second kappa shape index (κ2) is 3.44. The maximum atomic E-state index is 11.5. The number of hydrogen-bond acceptors (Lipinski definition) is 2. The van der Waals surface area contributed by atoms with Crippen molar-refractivity contribution >= 4 is 5.91 Å². The minimum absolute atomic E-state index is 0.352. The molecule has 0 aliphatic carbocycles. The van der Waals surface area contributed by atoms with Gasteiger partial charge in [0.15, 0.2) is 0 Å². The molecule has 2 rings (SSSR count). The smallest absolute Gasteiger partial charge is 0.224 e. The second-order valence-corrected chi connectivity index (χ2v) is 3.67. The minimum atomic E-state index is 0.352. The molecule has 2 heterocycles. The quantitative estimate of drug-likeness (QED) is 0.566. The fourth-order valence-electron chi connectivity index (χ4n) is 2.20. The van der Waals surface area contributed by atoms with Gasteiger partial charge < -0.3 is 10.2 Å². The van der Waals surface area contributed by atoms with E-state index in [0.29, 0.717) is 18.4 Å². The van der Waals surface area contributed by atoms with E-state index in [1.165, 1.54) is 12.8 Å². The molecule has 0 aromatic rings. The molecule has 1 N–H and O–H groups in total. The normalized spacial score (nSPS) is 31.2. The zero-order valence-corrected chi connectivity index (χ0v) is 7.38. The van der Waals surface area contributed by atoms with Crippen LogP contribution in [0.2, 0.25) is 0 Å². The van der Waals surface area contributed by atoms with E-state index in [4.69, 9.17) is 0 Å². The van der Waals surface area contributed by atoms with Crippen LogP contribution in [0.15, 0.2) is 0 Å². The lowest BCUT2D eigenvalue weighted by atomic mass is 10.1. The van der Waals surface area contributed by atoms with Crippen molar-refractivity contribution in [2.75, 3.05) is 19.6 Å². The maximum Gasteiger partial charge on any atom is 0.224 e. The van der Waals surface area contributed by atoms with Gasteiger partial charge >= 0.3 is 0 Å². The molecule has 1 amide bonds. The topological polar surface area (TPSA) is 32.3 Å². The van der Waals surface area contributed by atoms with Crippen molar-refractivity contribution in [1.29, 1.82) is 0 Å². The Balaban J connectivity index is 2.03. The number of fused-ring (bicyclic) bond motifs is 1. The van der Waals surface area contributed by atoms with Gasteiger partial charge in [0.2, 0.25) is 5.91 Å². The molecule has 1 unspecified atom stereocenters. The summed E-state index contributed by atoms with van der Waals surface area (Å²) in [5.41, 5.74) is 0. The summed E-state index contributed by atoms with van der Waals surface area (Å²) in [6, 6.07) is 0.547. The van der Waals surface area contributed by atoms with Crippen molar-refractivity contribution < 1.29 is 4.79 Å². The van der Waals surface area contributed by atoms with E-state index in [2.05, 4.69) is 10.2 Å². The first-order valence-electron chi connectivity index (χ1n) is 4.88. The Kier molecular flexibility index (Phi) is 2.30. The Morgan fingerprint density at radius 1 is 1.33 bits per heavy atom. The van der Waals surface area contributed by atoms with Gasteiger partial charge in [0, 0.05) is 25.6 Å². The van der Waals surface area contributed by atoms with Crippen LogP contribution >= 0.6 is 0 Å². The summed E-state index contributed by atoms with van der Waals surface area (Å²) in [6.07, 6.45) is 4.26. The molecule has 0 aromatic carbocycles. The van der Waals surface area contributed by atoms with E-state index in [0.717, 1.165) is 26.1 Å². The van der Waals surface area contributed by atoms with Gasteiger partial charge in [-0.25, -0.2) is 0 Å². The van der Waals surface area contributed by atoms with Crippen LogP contribution in [-0.2, 0) is 4.79 Å². The van der Waals surface area contributed by atoms with E-state index < -0.39 is 0 Å². The summed E-state index contributed by atoms with van der Waals surface area (Å²) in [4.78, 5) is 13.6. The fourth-order valence-corrected chi connectivity index (χ4v) is 2.20. The highest BCUT2D eigenvalue weighted by Crippen LogP contribution is 2.21. The van der Waals surface area contributed by atoms with Gasteiger partial charge in [-0.1, -0.05) is 0 Å². The lowest BCUT2D eigenvalue weighted by molar-refractivity contribution is -0.132. The highest BCUT2D eigenvalue weighted by atomic mass is 16.2. The second-order valence-electron chi connectivity index (χ2n) is 3.67. The average Bonchev–Trinajstić information content (AvgIpc) is 2.47. The molecule has 12 heavy (non-hydrogen) atoms. The third kappa shape index (κ3) is 1.46. The number of carbonyl (C=O) groups excluding carboxylic acids is 1. The first kappa shape index (κ1) is 8.05. The molecule has 0 spiro atoms. The van der Waals surface area contributed by atoms with Gasteiger partial charge in [-0.3, -0.25) is 4.79 Å². The van der Waals surface area contributed by atoms with Gasteiger partial charge in [0.05, 0.1) is 0 Å². The SMILES string of the molecule is O=C1CCNCCC2CCCN12. The summed E-state index contributed by atoms with van der Waals surface area (Å²) >= 11 is 0. The van der Waals surface area contributed by atoms with Crippen molar-refractivity contribution in [3.63, 3.8) is 0 Å². The van der Waals surface area contributed by atoms with E-state index in [1.54, 1.807) is 0 Å². The highest BCUT2D eigenvalue weighted by molar-refractivity contribution is 5.77. The monoisotopic (exact) mass is 168 g/mol. The number of nitrogens with zero attached hydrogens (tertiary/aromatic N) is 1. The Morgan fingerprint density at radius 2 is 2.25 bits per heavy atom. The van der Waals surface area contributed by atoms with Crippen LogP contribution in [0.4, 0.5) is 0 Å². The van der Waals surface area contributed by atoms with Crippen LogP contribution in [0.25, 0.3) is 0 Å². The third-order valence-electron chi connectivity index (χ3n) is 2.87. The summed E-state index contributed by atoms with van der Waals surface area (Å²) < 4.78 is 0. The Labute approximate surface area is 73.1 Å². The first-order chi connectivity index (χ1) is 5.88. The molecule has 2 aliphatic heterocycles. The van der Waals surface area contributed by atoms with Crippen LogP contribution in [0, 0.1) is 0 Å². The first-order valence-corrected chi connectivity index (χ1v) is 4.88. The van der Waals surface area contributed by atoms with E-state index in [1.807, 2.05) is 0 Å². The lowest BCUT2D eigenvalue weighted by Crippen LogP contribution is -2.41. The third-order valence-corrected chi connectivity index (χ3v) is 2.87. The van der Waals surface area contributed by atoms with Gasteiger partial charge in [0.25, 0.3) is 0 Å². The molecule has 2 saturated heterocycles. The van der Waals surface area contributed by atoms with Crippen molar-refractivity contribution in [3.05, 3.63) is 0 Å². The van der Waals surface area contributed by atoms with Gasteiger partial charge in [-0.05, 0) is 25.8 Å². The van der Waals surface area contributed by atoms with E-state index >= 15 is 0 Å². The molecule has 0 bridgehead atoms. The van der Waals surface area contributed by atoms with E-state index in [-0.39, 0.29) is 0 Å². The van der Waals surface area contributed by atoms with Crippen molar-refractivity contribution in [3.8, 4) is 0 Å². The predicted octanol–water partition coefficient (Wildman–Crippen LogP) is 0.361. The van der Waals surface area contributed by atoms with Crippen LogP contribution in [0.1, 0.15) is 25.7 Å². The van der Waals surface area contributed by atoms with Crippen molar-refractivity contribution in [1.82, 2.24) is 10.2 Å². The molecule has 0 saturated carbocycles. The Hall–Kier alpha value is -0.570. The van der Waals surface area contributed by atoms with E-state index in [9.17, 15) is 4.79 Å². The molecule has 3 heteroatoms. The molecule has 2 aliphatic rings. The van der Waals surface area contributed by atoms with Crippen LogP contribution in [-0.4, -0.2) is 36.5 Å². The summed E-state index contributed by atoms with van der Waals surface area (Å²) in [7, 11) is 0. The number of rotatable bonds is 0. The molecular formula is C9H16N2O.